The van der Waals surface area contributed by atoms with Crippen molar-refractivity contribution in [3.63, 3.8) is 0 Å². The summed E-state index contributed by atoms with van der Waals surface area (Å²) >= 11 is 5.60. The summed E-state index contributed by atoms with van der Waals surface area (Å²) in [6, 6.07) is -0.781. The van der Waals surface area contributed by atoms with Crippen LogP contribution in [0.3, 0.4) is 0 Å². The molecule has 2 N–H and O–H groups in total. The summed E-state index contributed by atoms with van der Waals surface area (Å²) in [5.41, 5.74) is -1.99. The van der Waals surface area contributed by atoms with Gasteiger partial charge in [-0.2, -0.15) is 13.2 Å². The maximum atomic E-state index is 14.2. The number of amides is 2. The molecule has 11 heteroatoms. The van der Waals surface area contributed by atoms with E-state index < -0.39 is 57.8 Å². The molecule has 3 heterocycles. The molecule has 2 amide bonds. The van der Waals surface area contributed by atoms with Crippen molar-refractivity contribution in [1.29, 1.82) is 0 Å². The number of benzene rings is 1. The number of hydrogen-bond acceptors (Lipinski definition) is 2. The molecule has 0 aliphatic carbocycles. The van der Waals surface area contributed by atoms with E-state index in [1.54, 1.807) is 0 Å². The largest absolute Gasteiger partial charge is 0.417 e. The molecule has 5 nitrogen and oxygen atoms in total. The van der Waals surface area contributed by atoms with Gasteiger partial charge < -0.3 is 15.2 Å². The molecule has 2 atom stereocenters. The van der Waals surface area contributed by atoms with Gasteiger partial charge in [-0.1, -0.05) is 11.6 Å². The quantitative estimate of drug-likeness (QED) is 0.645. The number of aromatic amines is 1. The highest BCUT2D eigenvalue weighted by Crippen LogP contribution is 2.44. The third-order valence-corrected chi connectivity index (χ3v) is 5.62. The van der Waals surface area contributed by atoms with E-state index in [4.69, 9.17) is 11.6 Å². The number of urea groups is 1. The number of hydrogen-bond donors (Lipinski definition) is 2. The molecule has 0 radical (unpaired) electrons. The molecule has 1 saturated heterocycles. The summed E-state index contributed by atoms with van der Waals surface area (Å²) in [6.45, 7) is 0. The number of aromatic nitrogens is 1. The molecule has 0 spiro atoms. The monoisotopic (exact) mass is 433 g/mol. The number of halogens is 6. The molecule has 2 aromatic rings. The lowest BCUT2D eigenvalue weighted by atomic mass is 9.95. The summed E-state index contributed by atoms with van der Waals surface area (Å²) in [7, 11) is 0. The molecular weight excluding hydrogens is 421 g/mol. The summed E-state index contributed by atoms with van der Waals surface area (Å²) in [5.74, 6) is -2.17. The lowest BCUT2D eigenvalue weighted by Crippen LogP contribution is -2.45. The van der Waals surface area contributed by atoms with Gasteiger partial charge in [0.1, 0.15) is 5.82 Å². The maximum Gasteiger partial charge on any atom is 0.417 e. The van der Waals surface area contributed by atoms with Crippen LogP contribution in [0.5, 0.6) is 0 Å². The second-order valence-electron chi connectivity index (χ2n) is 6.96. The predicted octanol–water partition coefficient (Wildman–Crippen LogP) is 4.62. The average molecular weight is 434 g/mol. The predicted molar refractivity (Wildman–Crippen MR) is 93.8 cm³/mol. The van der Waals surface area contributed by atoms with Crippen LogP contribution in [-0.4, -0.2) is 22.0 Å². The van der Waals surface area contributed by atoms with Crippen LogP contribution < -0.4 is 10.9 Å². The van der Waals surface area contributed by atoms with Crippen LogP contribution in [0, 0.1) is 11.6 Å². The first-order chi connectivity index (χ1) is 13.6. The Kier molecular flexibility index (Phi) is 4.56. The van der Waals surface area contributed by atoms with Crippen molar-refractivity contribution in [1.82, 2.24) is 9.88 Å². The van der Waals surface area contributed by atoms with E-state index in [1.165, 1.54) is 11.1 Å². The minimum atomic E-state index is -4.84. The zero-order valence-electron chi connectivity index (χ0n) is 14.5. The SMILES string of the molecule is O=C(Nc1cc(Cl)c(C(F)(F)F)cc1F)N1[C@H]2CC[C@@H]1c1c[nH]c(=O)c(F)c1C2. The van der Waals surface area contributed by atoms with Gasteiger partial charge in [0.05, 0.1) is 22.3 Å². The van der Waals surface area contributed by atoms with Crippen LogP contribution in [0.4, 0.5) is 32.4 Å². The van der Waals surface area contributed by atoms with Crippen molar-refractivity contribution in [2.24, 2.45) is 0 Å². The van der Waals surface area contributed by atoms with Gasteiger partial charge in [0.2, 0.25) is 0 Å². The van der Waals surface area contributed by atoms with Crippen LogP contribution in [-0.2, 0) is 12.6 Å². The maximum absolute atomic E-state index is 14.2. The van der Waals surface area contributed by atoms with E-state index in [0.717, 1.165) is 0 Å². The van der Waals surface area contributed by atoms with Crippen molar-refractivity contribution in [3.05, 3.63) is 62.0 Å². The zero-order valence-corrected chi connectivity index (χ0v) is 15.3. The first-order valence-corrected chi connectivity index (χ1v) is 9.01. The molecule has 2 aliphatic heterocycles. The Bertz CT molecular complexity index is 1070. The Morgan fingerprint density at radius 3 is 2.66 bits per heavy atom. The van der Waals surface area contributed by atoms with E-state index in [9.17, 15) is 31.5 Å². The molecule has 2 aliphatic rings. The number of H-pyrrole nitrogens is 1. The Morgan fingerprint density at radius 2 is 1.97 bits per heavy atom. The fourth-order valence-electron chi connectivity index (χ4n) is 4.03. The summed E-state index contributed by atoms with van der Waals surface area (Å²) in [5, 5.41) is 1.50. The van der Waals surface area contributed by atoms with Crippen molar-refractivity contribution < 1.29 is 26.7 Å². The van der Waals surface area contributed by atoms with Gasteiger partial charge in [-0.3, -0.25) is 4.79 Å². The number of rotatable bonds is 1. The number of alkyl halides is 3. The van der Waals surface area contributed by atoms with Crippen LogP contribution >= 0.6 is 11.6 Å². The number of fused-ring (bicyclic) bond motifs is 4. The third kappa shape index (κ3) is 3.25. The standard InChI is InChI=1S/C18H13ClF5N3O2/c19-11-5-13(12(20)4-10(11)18(22,23)24)26-17(29)27-7-1-2-14(27)9-6-25-16(28)15(21)8(9)3-7/h4-7,14H,1-3H2,(H,25,28)(H,26,29)/t7-,14+/m0/s1. The van der Waals surface area contributed by atoms with Gasteiger partial charge >= 0.3 is 12.2 Å². The number of nitrogens with zero attached hydrogens (tertiary/aromatic N) is 1. The number of carbonyl (C=O) groups excluding carboxylic acids is 1. The van der Waals surface area contributed by atoms with Crippen molar-refractivity contribution in [3.8, 4) is 0 Å². The zero-order chi connectivity index (χ0) is 21.1. The van der Waals surface area contributed by atoms with E-state index >= 15 is 0 Å². The van der Waals surface area contributed by atoms with Gasteiger partial charge in [0.25, 0.3) is 5.56 Å². The number of nitrogens with one attached hydrogen (secondary N) is 2. The molecule has 0 saturated carbocycles. The van der Waals surface area contributed by atoms with Crippen LogP contribution in [0.2, 0.25) is 5.02 Å². The number of pyridine rings is 1. The Hall–Kier alpha value is -2.62. The molecule has 154 valence electrons. The first kappa shape index (κ1) is 19.7. The molecule has 0 unspecified atom stereocenters. The fourth-order valence-corrected chi connectivity index (χ4v) is 4.30. The number of anilines is 1. The van der Waals surface area contributed by atoms with Gasteiger partial charge in [-0.25, -0.2) is 13.6 Å². The lowest BCUT2D eigenvalue weighted by Gasteiger charge is -2.36. The number of carbonyl (C=O) groups is 1. The highest BCUT2D eigenvalue weighted by atomic mass is 35.5. The highest BCUT2D eigenvalue weighted by molar-refractivity contribution is 6.31. The van der Waals surface area contributed by atoms with Crippen LogP contribution in [0.15, 0.2) is 23.1 Å². The molecule has 1 fully saturated rings. The average Bonchev–Trinajstić information content (AvgIpc) is 2.95. The Morgan fingerprint density at radius 1 is 1.24 bits per heavy atom. The molecule has 1 aromatic heterocycles. The second kappa shape index (κ2) is 6.72. The van der Waals surface area contributed by atoms with Crippen molar-refractivity contribution in [2.45, 2.75) is 37.5 Å². The van der Waals surface area contributed by atoms with Gasteiger partial charge in [0, 0.05) is 17.8 Å². The fraction of sp³-hybridized carbons (Fsp3) is 0.333. The molecule has 4 rings (SSSR count). The Balaban J connectivity index is 1.63. The minimum Gasteiger partial charge on any atom is -0.326 e. The topological polar surface area (TPSA) is 65.2 Å². The smallest absolute Gasteiger partial charge is 0.326 e. The first-order valence-electron chi connectivity index (χ1n) is 8.63. The van der Waals surface area contributed by atoms with E-state index in [0.29, 0.717) is 24.5 Å². The lowest BCUT2D eigenvalue weighted by molar-refractivity contribution is -0.137. The van der Waals surface area contributed by atoms with Crippen molar-refractivity contribution >= 4 is 23.3 Å². The van der Waals surface area contributed by atoms with Gasteiger partial charge in [-0.15, -0.1) is 0 Å². The van der Waals surface area contributed by atoms with E-state index in [2.05, 4.69) is 10.3 Å². The molecule has 2 bridgehead atoms. The third-order valence-electron chi connectivity index (χ3n) is 5.31. The van der Waals surface area contributed by atoms with E-state index in [-0.39, 0.29) is 18.1 Å². The van der Waals surface area contributed by atoms with Crippen LogP contribution in [0.1, 0.15) is 35.6 Å². The highest BCUT2D eigenvalue weighted by Gasteiger charge is 2.44. The molecule has 1 aromatic carbocycles. The second-order valence-corrected chi connectivity index (χ2v) is 7.37. The van der Waals surface area contributed by atoms with Gasteiger partial charge in [0.15, 0.2) is 5.82 Å². The summed E-state index contributed by atoms with van der Waals surface area (Å²) in [4.78, 5) is 27.9. The van der Waals surface area contributed by atoms with E-state index in [1.807, 2.05) is 0 Å². The van der Waals surface area contributed by atoms with Gasteiger partial charge in [-0.05, 0) is 37.0 Å². The Labute approximate surface area is 165 Å². The van der Waals surface area contributed by atoms with Crippen LogP contribution in [0.25, 0.3) is 0 Å². The minimum absolute atomic E-state index is 0.116. The molecule has 29 heavy (non-hydrogen) atoms. The summed E-state index contributed by atoms with van der Waals surface area (Å²) in [6.07, 6.45) is -2.32. The van der Waals surface area contributed by atoms with Crippen molar-refractivity contribution in [2.75, 3.05) is 5.32 Å². The summed E-state index contributed by atoms with van der Waals surface area (Å²) < 4.78 is 66.8. The molecular formula is C18H13ClF5N3O2. The normalized spacial score (nSPS) is 20.6.